The summed E-state index contributed by atoms with van der Waals surface area (Å²) in [4.78, 5) is 55.8. The summed E-state index contributed by atoms with van der Waals surface area (Å²) in [6.45, 7) is -0.0210. The Kier molecular flexibility index (Phi) is 14.5. The largest absolute Gasteiger partial charge is 0.479 e. The number of aliphatic hydroxyl groups is 1. The molecular formula is C46H37F10N7O12S2. The van der Waals surface area contributed by atoms with Gasteiger partial charge < -0.3 is 25.4 Å². The van der Waals surface area contributed by atoms with Crippen LogP contribution in [0.3, 0.4) is 0 Å². The lowest BCUT2D eigenvalue weighted by Gasteiger charge is -2.24. The van der Waals surface area contributed by atoms with Crippen LogP contribution in [0.15, 0.2) is 42.5 Å². The molecule has 0 unspecified atom stereocenters. The Labute approximate surface area is 427 Å². The summed E-state index contributed by atoms with van der Waals surface area (Å²) in [7, 11) is -9.21. The molecule has 5 aromatic rings. The molecule has 2 aromatic carbocycles. The van der Waals surface area contributed by atoms with Gasteiger partial charge in [-0.15, -0.1) is 0 Å². The fourth-order valence-corrected chi connectivity index (χ4v) is 9.29. The van der Waals surface area contributed by atoms with E-state index in [1.807, 2.05) is 0 Å². The molecule has 0 bridgehead atoms. The van der Waals surface area contributed by atoms with Crippen molar-refractivity contribution in [2.45, 2.75) is 87.5 Å². The number of nitrogens with zero attached hydrogens (tertiary/aromatic N) is 6. The molecule has 5 atom stereocenters. The molecule has 410 valence electrons. The van der Waals surface area contributed by atoms with Crippen LogP contribution in [0.4, 0.5) is 54.5 Å². The van der Waals surface area contributed by atoms with Gasteiger partial charge in [0.25, 0.3) is 0 Å². The quantitative estimate of drug-likeness (QED) is 0.0759. The second kappa shape index (κ2) is 19.7. The molecule has 77 heavy (non-hydrogen) atoms. The summed E-state index contributed by atoms with van der Waals surface area (Å²) in [5.74, 6) is -8.00. The van der Waals surface area contributed by atoms with Crippen molar-refractivity contribution < 1.29 is 100.0 Å². The van der Waals surface area contributed by atoms with Crippen molar-refractivity contribution in [3.8, 4) is 34.8 Å². The van der Waals surface area contributed by atoms with E-state index < -0.39 is 189 Å². The minimum absolute atomic E-state index is 0.0813. The number of amides is 2. The van der Waals surface area contributed by atoms with Gasteiger partial charge in [-0.25, -0.2) is 45.0 Å². The number of benzene rings is 2. The molecule has 2 aliphatic carbocycles. The first-order valence-electron chi connectivity index (χ1n) is 21.8. The van der Waals surface area contributed by atoms with E-state index in [-0.39, 0.29) is 26.7 Å². The number of alkyl halides is 8. The number of pyridine rings is 1. The van der Waals surface area contributed by atoms with Crippen molar-refractivity contribution in [2.24, 2.45) is 5.92 Å². The van der Waals surface area contributed by atoms with E-state index in [1.54, 1.807) is 0 Å². The number of sulfone groups is 1. The van der Waals surface area contributed by atoms with Gasteiger partial charge in [-0.3, -0.25) is 14.2 Å². The van der Waals surface area contributed by atoms with E-state index in [4.69, 9.17) is 0 Å². The Morgan fingerprint density at radius 2 is 1.53 bits per heavy atom. The highest BCUT2D eigenvalue weighted by Gasteiger charge is 2.62. The van der Waals surface area contributed by atoms with E-state index in [9.17, 15) is 86.5 Å². The average molecular weight is 1130 g/mol. The number of ether oxygens (including phenoxy) is 1. The van der Waals surface area contributed by atoms with E-state index in [0.29, 0.717) is 6.07 Å². The Hall–Kier alpha value is -7.77. The van der Waals surface area contributed by atoms with Crippen molar-refractivity contribution in [2.75, 3.05) is 16.8 Å². The minimum Gasteiger partial charge on any atom is -0.479 e. The van der Waals surface area contributed by atoms with Crippen molar-refractivity contribution in [1.29, 1.82) is 0 Å². The van der Waals surface area contributed by atoms with Gasteiger partial charge in [-0.1, -0.05) is 29.9 Å². The second-order valence-corrected chi connectivity index (χ2v) is 22.5. The summed E-state index contributed by atoms with van der Waals surface area (Å²) in [6, 6.07) is 4.30. The van der Waals surface area contributed by atoms with Crippen LogP contribution in [-0.4, -0.2) is 116 Å². The van der Waals surface area contributed by atoms with E-state index in [1.165, 1.54) is 13.8 Å². The van der Waals surface area contributed by atoms with Gasteiger partial charge in [0.05, 0.1) is 29.4 Å². The Morgan fingerprint density at radius 3 is 2.06 bits per heavy atom. The van der Waals surface area contributed by atoms with Crippen molar-refractivity contribution in [1.82, 2.24) is 29.9 Å². The first kappa shape index (κ1) is 56.9. The Morgan fingerprint density at radius 1 is 0.909 bits per heavy atom. The number of carboxylic acid groups (broad SMARTS) is 2. The Bertz CT molecular complexity index is 3670. The number of rotatable bonds is 15. The standard InChI is InChI=1S/C46H37F10N7O12S2/c1-20-6-8-26(34-31(20)39(60-62(34)19-44(49,50)51)63(77(5,73)74)42(70)75-36(41(68)69)35(65)40(66)67)25-9-7-24(12-13-43(2,3)76(4,71)72)57-33(25)29(16-21-14-22(47)17-23(48)15-21)58-30(64)18-61-38-32(37(59-61)46(54,55)56)27-10-11-28(27)45(38,52)53/h6-9,14-15,17,27-29,35-36,65H,16,18-19H2,1-5H3,(H,58,64)(H,66,67)(H,68,69)/t27-,28+,29-,35-,36-/m0/s1. The van der Waals surface area contributed by atoms with Crippen molar-refractivity contribution >= 4 is 60.5 Å². The van der Waals surface area contributed by atoms with Crippen LogP contribution in [0.5, 0.6) is 0 Å². The maximum atomic E-state index is 15.8. The van der Waals surface area contributed by atoms with Gasteiger partial charge in [-0.2, -0.15) is 49.6 Å². The lowest BCUT2D eigenvalue weighted by Crippen LogP contribution is -2.47. The molecular weight excluding hydrogens is 1100 g/mol. The predicted molar refractivity (Wildman–Crippen MR) is 245 cm³/mol. The summed E-state index contributed by atoms with van der Waals surface area (Å²) >= 11 is 0. The highest BCUT2D eigenvalue weighted by atomic mass is 32.2. The molecule has 19 nitrogen and oxygen atoms in total. The topological polar surface area (TPSA) is 270 Å². The third-order valence-electron chi connectivity index (χ3n) is 12.1. The molecule has 4 N–H and O–H groups in total. The van der Waals surface area contributed by atoms with Gasteiger partial charge in [0.1, 0.15) is 46.8 Å². The third kappa shape index (κ3) is 11.2. The minimum atomic E-state index is -5.34. The average Bonchev–Trinajstić information content (AvgIpc) is 3.85. The molecule has 0 saturated carbocycles. The smallest absolute Gasteiger partial charge is 0.435 e. The van der Waals surface area contributed by atoms with Gasteiger partial charge in [0, 0.05) is 34.4 Å². The van der Waals surface area contributed by atoms with E-state index in [2.05, 4.69) is 48.9 Å². The first-order chi connectivity index (χ1) is 35.3. The van der Waals surface area contributed by atoms with Crippen LogP contribution >= 0.6 is 0 Å². The highest BCUT2D eigenvalue weighted by molar-refractivity contribution is 7.93. The number of hydrogen-bond donors (Lipinski definition) is 4. The van der Waals surface area contributed by atoms with Crippen LogP contribution in [0.25, 0.3) is 22.0 Å². The second-order valence-electron chi connectivity index (χ2n) is 18.1. The predicted octanol–water partition coefficient (Wildman–Crippen LogP) is 5.36. The van der Waals surface area contributed by atoms with Gasteiger partial charge >= 0.3 is 36.3 Å². The third-order valence-corrected chi connectivity index (χ3v) is 15.0. The normalized spacial score (nSPS) is 17.1. The van der Waals surface area contributed by atoms with Gasteiger partial charge in [0.2, 0.25) is 22.0 Å². The molecule has 31 heteroatoms. The van der Waals surface area contributed by atoms with Crippen LogP contribution < -0.4 is 9.62 Å². The maximum Gasteiger partial charge on any atom is 0.435 e. The Balaban J connectivity index is 1.49. The molecule has 0 fully saturated rings. The zero-order valence-corrected chi connectivity index (χ0v) is 41.5. The number of aryl methyl sites for hydroxylation is 1. The highest BCUT2D eigenvalue weighted by Crippen LogP contribution is 2.58. The summed E-state index contributed by atoms with van der Waals surface area (Å²) in [6.07, 6.45) is -18.7. The molecule has 0 aliphatic heterocycles. The zero-order chi connectivity index (χ0) is 57.4. The molecule has 2 amide bonds. The van der Waals surface area contributed by atoms with Crippen LogP contribution in [0.1, 0.15) is 65.3 Å². The maximum absolute atomic E-state index is 15.8. The zero-order valence-electron chi connectivity index (χ0n) is 39.8. The molecule has 7 rings (SSSR count). The number of nitrogens with one attached hydrogen (secondary N) is 1. The van der Waals surface area contributed by atoms with Crippen molar-refractivity contribution in [3.63, 3.8) is 0 Å². The number of aromatic nitrogens is 5. The monoisotopic (exact) mass is 1130 g/mol. The molecule has 3 heterocycles. The van der Waals surface area contributed by atoms with Crippen molar-refractivity contribution in [3.05, 3.63) is 93.6 Å². The molecule has 0 radical (unpaired) electrons. The number of carbonyl (C=O) groups excluding carboxylic acids is 2. The van der Waals surface area contributed by atoms with Crippen LogP contribution in [-0.2, 0) is 70.6 Å². The summed E-state index contributed by atoms with van der Waals surface area (Å²) < 4.78 is 203. The SMILES string of the molecule is Cc1ccc(-c2ccc(C#CC(C)(C)S(C)(=O)=O)nc2[C@H](Cc2cc(F)cc(F)c2)NC(=O)Cn2nc(C(F)(F)F)c3c2C(F)(F)[C@@H]2C#C[C@H]32)c2c1c(N(C(=O)O[C@H](C(=O)O)[C@H](O)C(=O)O)S(C)(=O)=O)nn2CC(F)(F)F. The summed E-state index contributed by atoms with van der Waals surface area (Å²) in [5.41, 5.74) is -7.26. The number of hydrogen-bond acceptors (Lipinski definition) is 13. The fraction of sp³-hybridized carbons (Fsp3) is 0.370. The number of carboxylic acids is 2. The molecule has 3 aromatic heterocycles. The number of anilines is 1. The number of carbonyl (C=O) groups is 4. The van der Waals surface area contributed by atoms with E-state index >= 15 is 8.78 Å². The van der Waals surface area contributed by atoms with E-state index in [0.717, 1.165) is 49.6 Å². The number of fused-ring (bicyclic) bond motifs is 4. The first-order valence-corrected chi connectivity index (χ1v) is 25.5. The number of aliphatic carboxylic acids is 2. The molecule has 2 aliphatic rings. The molecule has 0 saturated heterocycles. The lowest BCUT2D eigenvalue weighted by molar-refractivity contribution is -0.165. The fourth-order valence-electron chi connectivity index (χ4n) is 8.30. The van der Waals surface area contributed by atoms with Crippen LogP contribution in [0.2, 0.25) is 0 Å². The number of halogens is 10. The lowest BCUT2D eigenvalue weighted by atomic mass is 9.84. The van der Waals surface area contributed by atoms with Gasteiger partial charge in [0.15, 0.2) is 27.5 Å². The van der Waals surface area contributed by atoms with Crippen LogP contribution in [0, 0.1) is 48.2 Å². The van der Waals surface area contributed by atoms with Gasteiger partial charge in [-0.05, 0) is 68.5 Å². The molecule has 0 spiro atoms. The number of aliphatic hydroxyl groups excluding tert-OH is 1. The summed E-state index contributed by atoms with van der Waals surface area (Å²) in [5, 5.41) is 37.5. The number of sulfonamides is 1.